The third kappa shape index (κ3) is 3.99. The highest BCUT2D eigenvalue weighted by Gasteiger charge is 2.41. The largest absolute Gasteiger partial charge is 0.339 e. The predicted octanol–water partition coefficient (Wildman–Crippen LogP) is 3.07. The SMILES string of the molecule is Cc1ccc(NC(=O)C2CCCC2)cc1NC(=O)C1CC(=O)N(C2CC2)C1. The summed E-state index contributed by atoms with van der Waals surface area (Å²) in [5, 5.41) is 5.95. The van der Waals surface area contributed by atoms with E-state index in [-0.39, 0.29) is 29.6 Å². The molecule has 2 saturated carbocycles. The zero-order valence-electron chi connectivity index (χ0n) is 15.8. The van der Waals surface area contributed by atoms with Crippen LogP contribution in [0.3, 0.4) is 0 Å². The number of carbonyl (C=O) groups is 3. The summed E-state index contributed by atoms with van der Waals surface area (Å²) in [7, 11) is 0. The van der Waals surface area contributed by atoms with Gasteiger partial charge < -0.3 is 15.5 Å². The van der Waals surface area contributed by atoms with Crippen LogP contribution in [0.5, 0.6) is 0 Å². The van der Waals surface area contributed by atoms with Crippen LogP contribution >= 0.6 is 0 Å². The lowest BCUT2D eigenvalue weighted by Crippen LogP contribution is -2.30. The lowest BCUT2D eigenvalue weighted by Gasteiger charge is -2.17. The second-order valence-electron chi connectivity index (χ2n) is 8.17. The fourth-order valence-electron chi connectivity index (χ4n) is 4.15. The van der Waals surface area contributed by atoms with Gasteiger partial charge in [-0.05, 0) is 50.3 Å². The first-order chi connectivity index (χ1) is 13.0. The first-order valence-electron chi connectivity index (χ1n) is 10.0. The number of nitrogens with zero attached hydrogens (tertiary/aromatic N) is 1. The van der Waals surface area contributed by atoms with E-state index in [2.05, 4.69) is 10.6 Å². The Bertz CT molecular complexity index is 766. The molecule has 3 amide bonds. The van der Waals surface area contributed by atoms with Gasteiger partial charge in [0.15, 0.2) is 0 Å². The summed E-state index contributed by atoms with van der Waals surface area (Å²) in [5.74, 6) is -0.160. The number of likely N-dealkylation sites (tertiary alicyclic amines) is 1. The van der Waals surface area contributed by atoms with E-state index in [1.165, 1.54) is 0 Å². The maximum absolute atomic E-state index is 12.7. The quantitative estimate of drug-likeness (QED) is 0.837. The van der Waals surface area contributed by atoms with Crippen molar-refractivity contribution < 1.29 is 14.4 Å². The summed E-state index contributed by atoms with van der Waals surface area (Å²) in [6.07, 6.45) is 6.54. The van der Waals surface area contributed by atoms with E-state index >= 15 is 0 Å². The second-order valence-corrected chi connectivity index (χ2v) is 8.17. The van der Waals surface area contributed by atoms with Gasteiger partial charge >= 0.3 is 0 Å². The molecule has 0 bridgehead atoms. The van der Waals surface area contributed by atoms with E-state index in [0.29, 0.717) is 30.4 Å². The van der Waals surface area contributed by atoms with Gasteiger partial charge in [0.25, 0.3) is 0 Å². The fourth-order valence-corrected chi connectivity index (χ4v) is 4.15. The van der Waals surface area contributed by atoms with Crippen LogP contribution < -0.4 is 10.6 Å². The maximum atomic E-state index is 12.7. The van der Waals surface area contributed by atoms with Gasteiger partial charge in [0, 0.05) is 36.3 Å². The molecule has 1 unspecified atom stereocenters. The number of amides is 3. The molecule has 3 fully saturated rings. The molecule has 0 aromatic heterocycles. The van der Waals surface area contributed by atoms with Gasteiger partial charge in [-0.25, -0.2) is 0 Å². The molecule has 144 valence electrons. The van der Waals surface area contributed by atoms with Crippen LogP contribution in [0, 0.1) is 18.8 Å². The van der Waals surface area contributed by atoms with Crippen molar-refractivity contribution in [2.24, 2.45) is 11.8 Å². The topological polar surface area (TPSA) is 78.5 Å². The third-order valence-electron chi connectivity index (χ3n) is 6.01. The second kappa shape index (κ2) is 7.33. The van der Waals surface area contributed by atoms with Crippen molar-refractivity contribution in [3.05, 3.63) is 23.8 Å². The summed E-state index contributed by atoms with van der Waals surface area (Å²) in [5.41, 5.74) is 2.34. The van der Waals surface area contributed by atoms with E-state index in [9.17, 15) is 14.4 Å². The Labute approximate surface area is 159 Å². The van der Waals surface area contributed by atoms with Gasteiger partial charge in [-0.3, -0.25) is 14.4 Å². The van der Waals surface area contributed by atoms with Crippen molar-refractivity contribution >= 4 is 29.1 Å². The molecule has 1 aromatic carbocycles. The van der Waals surface area contributed by atoms with Crippen molar-refractivity contribution in [1.29, 1.82) is 0 Å². The van der Waals surface area contributed by atoms with Crippen molar-refractivity contribution in [1.82, 2.24) is 4.90 Å². The van der Waals surface area contributed by atoms with Gasteiger partial charge in [0.05, 0.1) is 5.92 Å². The normalized spacial score (nSPS) is 22.9. The molecule has 2 N–H and O–H groups in total. The van der Waals surface area contributed by atoms with Crippen LogP contribution in [-0.2, 0) is 14.4 Å². The number of hydrogen-bond donors (Lipinski definition) is 2. The van der Waals surface area contributed by atoms with E-state index in [0.717, 1.165) is 44.1 Å². The number of rotatable bonds is 5. The molecule has 6 nitrogen and oxygen atoms in total. The van der Waals surface area contributed by atoms with Gasteiger partial charge in [0.1, 0.15) is 0 Å². The highest BCUT2D eigenvalue weighted by atomic mass is 16.2. The van der Waals surface area contributed by atoms with Crippen LogP contribution in [0.1, 0.15) is 50.5 Å². The van der Waals surface area contributed by atoms with Crippen LogP contribution in [-0.4, -0.2) is 35.2 Å². The summed E-state index contributed by atoms with van der Waals surface area (Å²) in [4.78, 5) is 39.0. The van der Waals surface area contributed by atoms with Crippen LogP contribution in [0.15, 0.2) is 18.2 Å². The first-order valence-corrected chi connectivity index (χ1v) is 10.0. The summed E-state index contributed by atoms with van der Waals surface area (Å²) < 4.78 is 0. The van der Waals surface area contributed by atoms with Crippen molar-refractivity contribution in [3.8, 4) is 0 Å². The number of hydrogen-bond acceptors (Lipinski definition) is 3. The van der Waals surface area contributed by atoms with Crippen LogP contribution in [0.2, 0.25) is 0 Å². The Balaban J connectivity index is 1.40. The molecule has 27 heavy (non-hydrogen) atoms. The number of anilines is 2. The zero-order valence-corrected chi connectivity index (χ0v) is 15.8. The highest BCUT2D eigenvalue weighted by molar-refractivity contribution is 5.99. The average molecular weight is 369 g/mol. The molecule has 2 aliphatic carbocycles. The van der Waals surface area contributed by atoms with E-state index in [1.807, 2.05) is 30.0 Å². The molecule has 0 spiro atoms. The number of carbonyl (C=O) groups excluding carboxylic acids is 3. The number of nitrogens with one attached hydrogen (secondary N) is 2. The number of aryl methyl sites for hydroxylation is 1. The Hall–Kier alpha value is -2.37. The third-order valence-corrected chi connectivity index (χ3v) is 6.01. The van der Waals surface area contributed by atoms with E-state index in [1.54, 1.807) is 0 Å². The summed E-state index contributed by atoms with van der Waals surface area (Å²) >= 11 is 0. The monoisotopic (exact) mass is 369 g/mol. The van der Waals surface area contributed by atoms with Gasteiger partial charge in [-0.1, -0.05) is 18.9 Å². The molecule has 0 radical (unpaired) electrons. The summed E-state index contributed by atoms with van der Waals surface area (Å²) in [6, 6.07) is 5.93. The fraction of sp³-hybridized carbons (Fsp3) is 0.571. The van der Waals surface area contributed by atoms with Gasteiger partial charge in [-0.15, -0.1) is 0 Å². The Morgan fingerprint density at radius 1 is 1.00 bits per heavy atom. The molecule has 4 rings (SSSR count). The lowest BCUT2D eigenvalue weighted by atomic mass is 10.1. The zero-order chi connectivity index (χ0) is 19.0. The molecule has 1 saturated heterocycles. The molecule has 6 heteroatoms. The van der Waals surface area contributed by atoms with Crippen molar-refractivity contribution in [2.45, 2.75) is 57.9 Å². The van der Waals surface area contributed by atoms with Crippen LogP contribution in [0.25, 0.3) is 0 Å². The molecule has 3 aliphatic rings. The minimum atomic E-state index is -0.297. The van der Waals surface area contributed by atoms with E-state index < -0.39 is 0 Å². The molecular formula is C21H27N3O3. The summed E-state index contributed by atoms with van der Waals surface area (Å²) in [6.45, 7) is 2.45. The first kappa shape index (κ1) is 18.0. The molecule has 1 aliphatic heterocycles. The lowest BCUT2D eigenvalue weighted by molar-refractivity contribution is -0.128. The van der Waals surface area contributed by atoms with Crippen LogP contribution in [0.4, 0.5) is 11.4 Å². The molecule has 1 aromatic rings. The predicted molar refractivity (Wildman–Crippen MR) is 103 cm³/mol. The minimum absolute atomic E-state index is 0.0649. The van der Waals surface area contributed by atoms with Gasteiger partial charge in [0.2, 0.25) is 17.7 Å². The van der Waals surface area contributed by atoms with Crippen molar-refractivity contribution in [2.75, 3.05) is 17.2 Å². The number of benzene rings is 1. The highest BCUT2D eigenvalue weighted by Crippen LogP contribution is 2.33. The van der Waals surface area contributed by atoms with E-state index in [4.69, 9.17) is 0 Å². The smallest absolute Gasteiger partial charge is 0.229 e. The average Bonchev–Trinajstić information content (AvgIpc) is 3.17. The Kier molecular flexibility index (Phi) is 4.89. The maximum Gasteiger partial charge on any atom is 0.229 e. The Morgan fingerprint density at radius 3 is 2.41 bits per heavy atom. The minimum Gasteiger partial charge on any atom is -0.339 e. The Morgan fingerprint density at radius 2 is 1.70 bits per heavy atom. The molecule has 1 atom stereocenters. The molecular weight excluding hydrogens is 342 g/mol. The standard InChI is InChI=1S/C21H27N3O3/c1-13-6-7-16(22-20(26)14-4-2-3-5-14)11-18(13)23-21(27)15-10-19(25)24(12-15)17-8-9-17/h6-7,11,14-15,17H,2-5,8-10,12H2,1H3,(H,22,26)(H,23,27). The van der Waals surface area contributed by atoms with Gasteiger partial charge in [-0.2, -0.15) is 0 Å². The molecule has 1 heterocycles. The van der Waals surface area contributed by atoms with Crippen molar-refractivity contribution in [3.63, 3.8) is 0 Å².